The largest absolute Gasteiger partial charge is 0.393 e. The van der Waals surface area contributed by atoms with Crippen LogP contribution >= 0.6 is 0 Å². The summed E-state index contributed by atoms with van der Waals surface area (Å²) in [5, 5.41) is 9.40. The van der Waals surface area contributed by atoms with E-state index in [1.807, 2.05) is 0 Å². The summed E-state index contributed by atoms with van der Waals surface area (Å²) in [4.78, 5) is 3.94. The van der Waals surface area contributed by atoms with E-state index in [0.717, 1.165) is 0 Å². The van der Waals surface area contributed by atoms with E-state index in [1.165, 1.54) is 16.6 Å². The zero-order valence-electron chi connectivity index (χ0n) is 9.78. The van der Waals surface area contributed by atoms with Crippen LogP contribution in [0, 0.1) is 0 Å². The fourth-order valence-corrected chi connectivity index (χ4v) is 3.50. The van der Waals surface area contributed by atoms with E-state index < -0.39 is 16.1 Å². The van der Waals surface area contributed by atoms with Crippen LogP contribution in [-0.2, 0) is 10.0 Å². The smallest absolute Gasteiger partial charge is 0.246 e. The topological polar surface area (TPSA) is 109 Å². The number of sulfonamides is 1. The minimum absolute atomic E-state index is 0.0592. The third kappa shape index (κ3) is 2.46. The Hall–Kier alpha value is -1.22. The fourth-order valence-electron chi connectivity index (χ4n) is 1.93. The van der Waals surface area contributed by atoms with Gasteiger partial charge in [-0.15, -0.1) is 0 Å². The summed E-state index contributed by atoms with van der Waals surface area (Å²) < 4.78 is 26.1. The highest BCUT2D eigenvalue weighted by molar-refractivity contribution is 7.89. The average Bonchev–Trinajstić information content (AvgIpc) is 2.39. The molecule has 4 N–H and O–H groups in total. The molecule has 0 aliphatic carbocycles. The molecule has 1 fully saturated rings. The van der Waals surface area contributed by atoms with Gasteiger partial charge in [0.25, 0.3) is 0 Å². The van der Waals surface area contributed by atoms with Crippen LogP contribution in [0.3, 0.4) is 0 Å². The molecule has 0 unspecified atom stereocenters. The zero-order valence-corrected chi connectivity index (χ0v) is 10.6. The van der Waals surface area contributed by atoms with E-state index >= 15 is 0 Å². The van der Waals surface area contributed by atoms with Crippen LogP contribution in [0.15, 0.2) is 23.2 Å². The molecule has 1 aromatic heterocycles. The Labute approximate surface area is 106 Å². The van der Waals surface area contributed by atoms with Gasteiger partial charge in [0.15, 0.2) is 5.82 Å². The van der Waals surface area contributed by atoms with Gasteiger partial charge in [0, 0.05) is 19.3 Å². The van der Waals surface area contributed by atoms with Crippen LogP contribution in [0.2, 0.25) is 0 Å². The molecule has 1 aliphatic heterocycles. The first kappa shape index (κ1) is 13.2. The summed E-state index contributed by atoms with van der Waals surface area (Å²) in [6.07, 6.45) is 1.95. The molecule has 1 saturated heterocycles. The molecule has 0 saturated carbocycles. The maximum absolute atomic E-state index is 12.4. The second-order valence-electron chi connectivity index (χ2n) is 4.13. The lowest BCUT2D eigenvalue weighted by molar-refractivity contribution is 0.113. The Morgan fingerprint density at radius 2 is 2.11 bits per heavy atom. The molecule has 0 spiro atoms. The number of anilines is 1. The number of nitrogen functional groups attached to an aromatic ring is 1. The SMILES string of the molecule is NNc1ncccc1S(=O)(=O)N1CCC(O)CC1. The van der Waals surface area contributed by atoms with Gasteiger partial charge in [0.05, 0.1) is 6.10 Å². The van der Waals surface area contributed by atoms with Crippen molar-refractivity contribution >= 4 is 15.8 Å². The summed E-state index contributed by atoms with van der Waals surface area (Å²) in [5.74, 6) is 5.39. The number of aliphatic hydroxyl groups is 1. The monoisotopic (exact) mass is 272 g/mol. The molecule has 7 nitrogen and oxygen atoms in total. The molecule has 2 heterocycles. The van der Waals surface area contributed by atoms with Gasteiger partial charge in [-0.2, -0.15) is 4.31 Å². The molecule has 0 atom stereocenters. The number of rotatable bonds is 3. The number of piperidine rings is 1. The van der Waals surface area contributed by atoms with Crippen LogP contribution < -0.4 is 11.3 Å². The third-order valence-corrected chi connectivity index (χ3v) is 4.88. The maximum Gasteiger partial charge on any atom is 0.246 e. The van der Waals surface area contributed by atoms with Crippen LogP contribution in [0.5, 0.6) is 0 Å². The maximum atomic E-state index is 12.4. The second-order valence-corrected chi connectivity index (χ2v) is 6.04. The minimum Gasteiger partial charge on any atom is -0.393 e. The fraction of sp³-hybridized carbons (Fsp3) is 0.500. The normalized spacial score (nSPS) is 18.8. The lowest BCUT2D eigenvalue weighted by Gasteiger charge is -2.29. The number of pyridine rings is 1. The first-order valence-corrected chi connectivity index (χ1v) is 7.09. The summed E-state index contributed by atoms with van der Waals surface area (Å²) in [7, 11) is -3.61. The van der Waals surface area contributed by atoms with Crippen molar-refractivity contribution in [3.63, 3.8) is 0 Å². The predicted molar refractivity (Wildman–Crippen MR) is 66.0 cm³/mol. The third-order valence-electron chi connectivity index (χ3n) is 2.95. The van der Waals surface area contributed by atoms with Crippen LogP contribution in [-0.4, -0.2) is 42.0 Å². The Morgan fingerprint density at radius 3 is 2.72 bits per heavy atom. The average molecular weight is 272 g/mol. The molecule has 8 heteroatoms. The van der Waals surface area contributed by atoms with Crippen LogP contribution in [0.4, 0.5) is 5.82 Å². The number of hydrogen-bond acceptors (Lipinski definition) is 6. The lowest BCUT2D eigenvalue weighted by Crippen LogP contribution is -2.40. The highest BCUT2D eigenvalue weighted by atomic mass is 32.2. The van der Waals surface area contributed by atoms with E-state index in [4.69, 9.17) is 5.84 Å². The van der Waals surface area contributed by atoms with Crippen LogP contribution in [0.25, 0.3) is 0 Å². The summed E-state index contributed by atoms with van der Waals surface area (Å²) >= 11 is 0. The van der Waals surface area contributed by atoms with Crippen molar-refractivity contribution in [2.24, 2.45) is 5.84 Å². The number of hydrogen-bond donors (Lipinski definition) is 3. The molecule has 2 rings (SSSR count). The Balaban J connectivity index is 2.30. The second kappa shape index (κ2) is 5.19. The Kier molecular flexibility index (Phi) is 3.81. The van der Waals surface area contributed by atoms with E-state index in [-0.39, 0.29) is 10.7 Å². The van der Waals surface area contributed by atoms with Gasteiger partial charge in [0.2, 0.25) is 10.0 Å². The van der Waals surface area contributed by atoms with Crippen molar-refractivity contribution in [3.05, 3.63) is 18.3 Å². The lowest BCUT2D eigenvalue weighted by atomic mass is 10.1. The van der Waals surface area contributed by atoms with Crippen LogP contribution in [0.1, 0.15) is 12.8 Å². The van der Waals surface area contributed by atoms with Crippen molar-refractivity contribution in [1.82, 2.24) is 9.29 Å². The predicted octanol–water partition coefficient (Wildman–Crippen LogP) is -0.487. The number of hydrazine groups is 1. The van der Waals surface area contributed by atoms with Crippen molar-refractivity contribution in [1.29, 1.82) is 0 Å². The van der Waals surface area contributed by atoms with Gasteiger partial charge in [-0.3, -0.25) is 0 Å². The summed E-state index contributed by atoms with van der Waals surface area (Å²) in [6, 6.07) is 3.01. The Bertz CT molecular complexity index is 512. The van der Waals surface area contributed by atoms with Crippen molar-refractivity contribution in [3.8, 4) is 0 Å². The highest BCUT2D eigenvalue weighted by Gasteiger charge is 2.30. The number of aliphatic hydroxyl groups excluding tert-OH is 1. The summed E-state index contributed by atoms with van der Waals surface area (Å²) in [5.41, 5.74) is 2.28. The molecule has 1 aliphatic rings. The molecule has 1 aromatic rings. The van der Waals surface area contributed by atoms with E-state index in [1.54, 1.807) is 6.07 Å². The van der Waals surface area contributed by atoms with Gasteiger partial charge in [-0.1, -0.05) is 0 Å². The first-order valence-electron chi connectivity index (χ1n) is 5.65. The van der Waals surface area contributed by atoms with Gasteiger partial charge in [-0.05, 0) is 25.0 Å². The first-order chi connectivity index (χ1) is 8.55. The molecule has 0 radical (unpaired) electrons. The molecular weight excluding hydrogens is 256 g/mol. The van der Waals surface area contributed by atoms with E-state index in [0.29, 0.717) is 25.9 Å². The molecular formula is C10H16N4O3S. The zero-order chi connectivity index (χ0) is 13.2. The van der Waals surface area contributed by atoms with Gasteiger partial charge in [-0.25, -0.2) is 19.2 Å². The molecule has 0 amide bonds. The summed E-state index contributed by atoms with van der Waals surface area (Å²) in [6.45, 7) is 0.616. The van der Waals surface area contributed by atoms with Crippen molar-refractivity contribution in [2.45, 2.75) is 23.8 Å². The molecule has 0 aromatic carbocycles. The van der Waals surface area contributed by atoms with E-state index in [2.05, 4.69) is 10.4 Å². The quantitative estimate of drug-likeness (QED) is 0.506. The van der Waals surface area contributed by atoms with Gasteiger partial charge < -0.3 is 10.5 Å². The molecule has 18 heavy (non-hydrogen) atoms. The number of nitrogens with one attached hydrogen (secondary N) is 1. The van der Waals surface area contributed by atoms with Crippen molar-refractivity contribution < 1.29 is 13.5 Å². The number of nitrogens with two attached hydrogens (primary N) is 1. The molecule has 100 valence electrons. The minimum atomic E-state index is -3.61. The van der Waals surface area contributed by atoms with Crippen molar-refractivity contribution in [2.75, 3.05) is 18.5 Å². The number of aromatic nitrogens is 1. The highest BCUT2D eigenvalue weighted by Crippen LogP contribution is 2.24. The van der Waals surface area contributed by atoms with E-state index in [9.17, 15) is 13.5 Å². The standard InChI is InChI=1S/C10H16N4O3S/c11-13-10-9(2-1-5-12-10)18(16,17)14-6-3-8(15)4-7-14/h1-2,5,8,15H,3-4,6-7,11H2,(H,12,13). The number of nitrogens with zero attached hydrogens (tertiary/aromatic N) is 2. The van der Waals surface area contributed by atoms with Gasteiger partial charge in [0.1, 0.15) is 4.90 Å². The van der Waals surface area contributed by atoms with Gasteiger partial charge >= 0.3 is 0 Å². The Morgan fingerprint density at radius 1 is 1.44 bits per heavy atom. The molecule has 0 bridgehead atoms.